The van der Waals surface area contributed by atoms with Gasteiger partial charge in [-0.15, -0.1) is 0 Å². The van der Waals surface area contributed by atoms with Gasteiger partial charge >= 0.3 is 5.97 Å². The molecule has 2 aliphatic rings. The number of benzene rings is 3. The number of carboxylic acids is 1. The molecule has 1 aliphatic carbocycles. The normalized spacial score (nSPS) is 11.1. The summed E-state index contributed by atoms with van der Waals surface area (Å²) < 4.78 is 6.04. The number of aryl methyl sites for hydroxylation is 1. The number of hydrogen-bond acceptors (Lipinski definition) is 2. The Labute approximate surface area is 143 Å². The number of fused-ring (bicyclic) bond motifs is 2. The SMILES string of the molecule is Cc1ccc2c(-c3ccccc3C(=O)O)c3ccc(=[NH2+])cc-3oc2c1. The molecule has 1 aliphatic heterocycles. The molecular formula is C21H16NO3+. The first-order valence-corrected chi connectivity index (χ1v) is 7.93. The molecule has 2 aromatic carbocycles. The fraction of sp³-hybridized carbons (Fsp3) is 0.0476. The van der Waals surface area contributed by atoms with Gasteiger partial charge in [-0.3, -0.25) is 5.41 Å². The lowest BCUT2D eigenvalue weighted by atomic mass is 9.90. The van der Waals surface area contributed by atoms with Crippen molar-refractivity contribution in [3.8, 4) is 22.5 Å². The number of aromatic carboxylic acids is 1. The lowest BCUT2D eigenvalue weighted by Crippen LogP contribution is -2.44. The highest BCUT2D eigenvalue weighted by Gasteiger charge is 2.21. The zero-order valence-corrected chi connectivity index (χ0v) is 13.6. The molecule has 0 radical (unpaired) electrons. The van der Waals surface area contributed by atoms with Gasteiger partial charge in [-0.05, 0) is 36.2 Å². The van der Waals surface area contributed by atoms with Crippen molar-refractivity contribution in [3.05, 3.63) is 77.1 Å². The average molecular weight is 330 g/mol. The maximum Gasteiger partial charge on any atom is 0.336 e. The molecular weight excluding hydrogens is 314 g/mol. The molecule has 3 N–H and O–H groups in total. The Morgan fingerprint density at radius 1 is 1.00 bits per heavy atom. The van der Waals surface area contributed by atoms with Crippen LogP contribution in [0.1, 0.15) is 15.9 Å². The van der Waals surface area contributed by atoms with Gasteiger partial charge in [0, 0.05) is 22.6 Å². The van der Waals surface area contributed by atoms with E-state index < -0.39 is 5.97 Å². The van der Waals surface area contributed by atoms with Crippen molar-refractivity contribution in [3.63, 3.8) is 0 Å². The number of nitrogens with two attached hydrogens (primary N) is 1. The van der Waals surface area contributed by atoms with Crippen LogP contribution in [0.25, 0.3) is 33.4 Å². The third-order valence-electron chi connectivity index (χ3n) is 4.33. The largest absolute Gasteiger partial charge is 0.478 e. The van der Waals surface area contributed by atoms with Crippen molar-refractivity contribution >= 4 is 16.9 Å². The maximum absolute atomic E-state index is 11.7. The Morgan fingerprint density at radius 3 is 2.60 bits per heavy atom. The van der Waals surface area contributed by atoms with Crippen molar-refractivity contribution in [2.24, 2.45) is 0 Å². The van der Waals surface area contributed by atoms with Crippen molar-refractivity contribution in [1.82, 2.24) is 0 Å². The monoisotopic (exact) mass is 330 g/mol. The summed E-state index contributed by atoms with van der Waals surface area (Å²) in [6.07, 6.45) is 0. The van der Waals surface area contributed by atoms with Gasteiger partial charge in [0.1, 0.15) is 11.3 Å². The second-order valence-corrected chi connectivity index (χ2v) is 6.08. The van der Waals surface area contributed by atoms with Gasteiger partial charge in [-0.2, -0.15) is 0 Å². The highest BCUT2D eigenvalue weighted by Crippen LogP contribution is 2.41. The summed E-state index contributed by atoms with van der Waals surface area (Å²) in [5.41, 5.74) is 4.36. The van der Waals surface area contributed by atoms with Gasteiger partial charge < -0.3 is 9.52 Å². The number of carbonyl (C=O) groups is 1. The van der Waals surface area contributed by atoms with Gasteiger partial charge in [0.25, 0.3) is 0 Å². The molecule has 0 fully saturated rings. The predicted octanol–water partition coefficient (Wildman–Crippen LogP) is 2.87. The molecule has 122 valence electrons. The van der Waals surface area contributed by atoms with E-state index in [0.29, 0.717) is 22.3 Å². The first-order chi connectivity index (χ1) is 12.0. The first kappa shape index (κ1) is 15.1. The number of hydrogen-bond donors (Lipinski definition) is 2. The quantitative estimate of drug-likeness (QED) is 0.555. The third kappa shape index (κ3) is 2.48. The Balaban J connectivity index is 2.22. The maximum atomic E-state index is 11.7. The van der Waals surface area contributed by atoms with Crippen molar-refractivity contribution in [1.29, 1.82) is 0 Å². The van der Waals surface area contributed by atoms with E-state index in [2.05, 4.69) is 0 Å². The summed E-state index contributed by atoms with van der Waals surface area (Å²) in [7, 11) is 0. The zero-order chi connectivity index (χ0) is 17.6. The van der Waals surface area contributed by atoms with Crippen LogP contribution in [-0.2, 0) is 0 Å². The van der Waals surface area contributed by atoms with Crippen LogP contribution in [0.4, 0.5) is 0 Å². The van der Waals surface area contributed by atoms with Gasteiger partial charge in [0.2, 0.25) is 0 Å². The fourth-order valence-corrected chi connectivity index (χ4v) is 3.19. The van der Waals surface area contributed by atoms with E-state index in [-0.39, 0.29) is 5.56 Å². The summed E-state index contributed by atoms with van der Waals surface area (Å²) in [5.74, 6) is -0.325. The number of carboxylic acid groups (broad SMARTS) is 1. The molecule has 4 rings (SSSR count). The fourth-order valence-electron chi connectivity index (χ4n) is 3.19. The van der Waals surface area contributed by atoms with Gasteiger partial charge in [-0.25, -0.2) is 4.79 Å². The molecule has 0 bridgehead atoms. The molecule has 4 nitrogen and oxygen atoms in total. The van der Waals surface area contributed by atoms with Gasteiger partial charge in [-0.1, -0.05) is 30.3 Å². The van der Waals surface area contributed by atoms with Crippen molar-refractivity contribution < 1.29 is 19.7 Å². The zero-order valence-electron chi connectivity index (χ0n) is 13.6. The van der Waals surface area contributed by atoms with Gasteiger partial charge in [0.15, 0.2) is 5.36 Å². The van der Waals surface area contributed by atoms with E-state index >= 15 is 0 Å². The molecule has 0 unspecified atom stereocenters. The van der Waals surface area contributed by atoms with E-state index in [0.717, 1.165) is 22.1 Å². The van der Waals surface area contributed by atoms with Crippen molar-refractivity contribution in [2.75, 3.05) is 0 Å². The van der Waals surface area contributed by atoms with Crippen LogP contribution in [0.15, 0.2) is 65.1 Å². The summed E-state index contributed by atoms with van der Waals surface area (Å²) in [4.78, 5) is 11.7. The smallest absolute Gasteiger partial charge is 0.336 e. The summed E-state index contributed by atoms with van der Waals surface area (Å²) in [5, 5.41) is 17.0. The van der Waals surface area contributed by atoms with Crippen LogP contribution in [0.5, 0.6) is 0 Å². The minimum atomic E-state index is -0.958. The molecule has 2 aromatic rings. The van der Waals surface area contributed by atoms with E-state index in [4.69, 9.17) is 9.83 Å². The van der Waals surface area contributed by atoms with Crippen LogP contribution in [-0.4, -0.2) is 11.1 Å². The average Bonchev–Trinajstić information content (AvgIpc) is 2.59. The second kappa shape index (κ2) is 5.60. The molecule has 4 heteroatoms. The topological polar surface area (TPSA) is 76.0 Å². The molecule has 0 spiro atoms. The van der Waals surface area contributed by atoms with Gasteiger partial charge in [0.05, 0.1) is 11.6 Å². The Bertz CT molecular complexity index is 1160. The minimum absolute atomic E-state index is 0.258. The molecule has 0 saturated carbocycles. The van der Waals surface area contributed by atoms with E-state index in [9.17, 15) is 9.90 Å². The first-order valence-electron chi connectivity index (χ1n) is 7.93. The van der Waals surface area contributed by atoms with Crippen molar-refractivity contribution in [2.45, 2.75) is 6.92 Å². The van der Waals surface area contributed by atoms with E-state index in [1.807, 2.05) is 43.3 Å². The minimum Gasteiger partial charge on any atom is -0.478 e. The standard InChI is InChI=1S/C21H15NO3/c1-12-6-8-16-18(10-12)25-19-11-13(22)7-9-17(19)20(16)14-4-2-3-5-15(14)21(23)24/h2-11,22H,1H3,(H,23,24)/p+1. The lowest BCUT2D eigenvalue weighted by molar-refractivity contribution is -0.172. The Hall–Kier alpha value is -3.40. The Morgan fingerprint density at radius 2 is 1.80 bits per heavy atom. The molecule has 0 amide bonds. The van der Waals surface area contributed by atoms with Crippen LogP contribution >= 0.6 is 0 Å². The van der Waals surface area contributed by atoms with Crippen LogP contribution in [0, 0.1) is 6.92 Å². The Kier molecular flexibility index (Phi) is 3.39. The third-order valence-corrected chi connectivity index (χ3v) is 4.33. The van der Waals surface area contributed by atoms with E-state index in [1.165, 1.54) is 0 Å². The highest BCUT2D eigenvalue weighted by molar-refractivity contribution is 6.07. The lowest BCUT2D eigenvalue weighted by Gasteiger charge is -2.16. The predicted molar refractivity (Wildman–Crippen MR) is 95.0 cm³/mol. The van der Waals surface area contributed by atoms with Crippen LogP contribution < -0.4 is 10.8 Å². The molecule has 1 heterocycles. The number of rotatable bonds is 2. The second-order valence-electron chi connectivity index (χ2n) is 6.08. The highest BCUT2D eigenvalue weighted by atomic mass is 16.4. The molecule has 0 atom stereocenters. The van der Waals surface area contributed by atoms with E-state index in [1.54, 1.807) is 24.3 Å². The molecule has 0 aromatic heterocycles. The molecule has 0 saturated heterocycles. The summed E-state index contributed by atoms with van der Waals surface area (Å²) >= 11 is 0. The van der Waals surface area contributed by atoms with Crippen LogP contribution in [0.2, 0.25) is 0 Å². The summed E-state index contributed by atoms with van der Waals surface area (Å²) in [6, 6.07) is 18.4. The van der Waals surface area contributed by atoms with Crippen LogP contribution in [0.3, 0.4) is 0 Å². The summed E-state index contributed by atoms with van der Waals surface area (Å²) in [6.45, 7) is 1.99. The molecule has 25 heavy (non-hydrogen) atoms.